The fourth-order valence-electron chi connectivity index (χ4n) is 5.69. The van der Waals surface area contributed by atoms with Crippen molar-refractivity contribution in [2.45, 2.75) is 117 Å². The number of thiophene rings is 1. The van der Waals surface area contributed by atoms with E-state index in [2.05, 4.69) is 4.90 Å². The third-order valence-corrected chi connectivity index (χ3v) is 11.9. The SMILES string of the molecule is CCOP1(=O)CCN(Cc2ccc(O)cc2-c2cccs2)C[C@@]1(CCCCN(C(=O)OC(C)(C)C)C(=O)OC(C)(C)C)C(=O)OC(C)(C)C. The predicted octanol–water partition coefficient (Wildman–Crippen LogP) is 8.67. The minimum absolute atomic E-state index is 0.0332. The van der Waals surface area contributed by atoms with Crippen molar-refractivity contribution < 1.29 is 42.8 Å². The van der Waals surface area contributed by atoms with Gasteiger partial charge in [-0.3, -0.25) is 14.3 Å². The first-order valence-electron chi connectivity index (χ1n) is 16.9. The highest BCUT2D eigenvalue weighted by molar-refractivity contribution is 7.62. The molecule has 0 radical (unpaired) electrons. The van der Waals surface area contributed by atoms with Crippen LogP contribution in [-0.2, 0) is 34.6 Å². The van der Waals surface area contributed by atoms with E-state index < -0.39 is 47.5 Å². The fourth-order valence-corrected chi connectivity index (χ4v) is 9.47. The number of benzene rings is 1. The van der Waals surface area contributed by atoms with E-state index in [1.807, 2.05) is 23.6 Å². The number of aromatic hydroxyl groups is 1. The molecule has 11 nitrogen and oxygen atoms in total. The maximum atomic E-state index is 14.8. The lowest BCUT2D eigenvalue weighted by Crippen LogP contribution is -2.56. The number of hydrogen-bond donors (Lipinski definition) is 1. The molecule has 0 aliphatic carbocycles. The van der Waals surface area contributed by atoms with Crippen molar-refractivity contribution in [3.63, 3.8) is 0 Å². The second-order valence-corrected chi connectivity index (χ2v) is 19.3. The molecule has 49 heavy (non-hydrogen) atoms. The van der Waals surface area contributed by atoms with E-state index in [0.717, 1.165) is 20.9 Å². The topological polar surface area (TPSA) is 132 Å². The molecule has 1 N–H and O–H groups in total. The Kier molecular flexibility index (Phi) is 13.2. The van der Waals surface area contributed by atoms with Crippen LogP contribution < -0.4 is 0 Å². The summed E-state index contributed by atoms with van der Waals surface area (Å²) in [6, 6.07) is 9.19. The maximum Gasteiger partial charge on any atom is 0.419 e. The summed E-state index contributed by atoms with van der Waals surface area (Å²) in [5.74, 6) is -0.441. The van der Waals surface area contributed by atoms with Gasteiger partial charge in [0, 0.05) is 37.2 Å². The van der Waals surface area contributed by atoms with E-state index in [0.29, 0.717) is 19.5 Å². The zero-order chi connectivity index (χ0) is 36.8. The Morgan fingerprint density at radius 2 is 1.55 bits per heavy atom. The number of phenolic OH excluding ortho intramolecular Hbond substituents is 1. The first-order valence-corrected chi connectivity index (χ1v) is 19.6. The largest absolute Gasteiger partial charge is 0.508 e. The lowest BCUT2D eigenvalue weighted by Gasteiger charge is -2.46. The summed E-state index contributed by atoms with van der Waals surface area (Å²) in [5, 5.41) is 10.8. The summed E-state index contributed by atoms with van der Waals surface area (Å²) in [5.41, 5.74) is -0.682. The molecule has 1 saturated heterocycles. The van der Waals surface area contributed by atoms with Gasteiger partial charge in [0.1, 0.15) is 22.6 Å². The number of carbonyl (C=O) groups excluding carboxylic acids is 3. The molecule has 13 heteroatoms. The van der Waals surface area contributed by atoms with Crippen LogP contribution in [-0.4, -0.2) is 87.4 Å². The van der Waals surface area contributed by atoms with Gasteiger partial charge >= 0.3 is 18.2 Å². The van der Waals surface area contributed by atoms with Gasteiger partial charge in [-0.15, -0.1) is 11.3 Å². The van der Waals surface area contributed by atoms with E-state index >= 15 is 0 Å². The van der Waals surface area contributed by atoms with Crippen LogP contribution in [0.5, 0.6) is 5.75 Å². The number of hydrogen-bond acceptors (Lipinski definition) is 11. The normalized spacial score (nSPS) is 20.4. The summed E-state index contributed by atoms with van der Waals surface area (Å²) < 4.78 is 37.8. The first kappa shape index (κ1) is 40.5. The van der Waals surface area contributed by atoms with Crippen molar-refractivity contribution in [1.29, 1.82) is 0 Å². The molecule has 2 amide bonds. The summed E-state index contributed by atoms with van der Waals surface area (Å²) in [6.45, 7) is 18.5. The predicted molar refractivity (Wildman–Crippen MR) is 192 cm³/mol. The van der Waals surface area contributed by atoms with E-state index in [1.54, 1.807) is 92.7 Å². The molecule has 1 fully saturated rings. The molecule has 0 saturated carbocycles. The Morgan fingerprint density at radius 1 is 0.939 bits per heavy atom. The quantitative estimate of drug-likeness (QED) is 0.104. The number of unbranched alkanes of at least 4 members (excludes halogenated alkanes) is 1. The summed E-state index contributed by atoms with van der Waals surface area (Å²) >= 11 is 1.57. The third-order valence-electron chi connectivity index (χ3n) is 7.69. The standard InChI is InChI=1S/C36H55N2O9PS/c1-11-44-48(43)21-20-37(24-26-16-17-27(39)23-28(26)29-15-14-22-49-29)25-36(48,30(40)45-33(2,3)4)18-12-13-19-38(31(41)46-34(5,6)7)32(42)47-35(8,9)10/h14-17,22-23,39H,11-13,18-21,24-25H2,1-10H3/t36-,48?/m0/s1. The molecule has 0 bridgehead atoms. The molecular weight excluding hydrogens is 667 g/mol. The molecule has 2 aromatic rings. The van der Waals surface area contributed by atoms with Crippen LogP contribution in [0.3, 0.4) is 0 Å². The number of ether oxygens (including phenoxy) is 3. The van der Waals surface area contributed by atoms with Gasteiger partial charge in [-0.2, -0.15) is 0 Å². The van der Waals surface area contributed by atoms with Crippen molar-refractivity contribution in [3.8, 4) is 16.2 Å². The minimum Gasteiger partial charge on any atom is -0.508 e. The monoisotopic (exact) mass is 722 g/mol. The smallest absolute Gasteiger partial charge is 0.419 e. The average molecular weight is 723 g/mol. The number of nitrogens with zero attached hydrogens (tertiary/aromatic N) is 2. The number of amides is 2. The molecule has 1 aliphatic rings. The number of carbonyl (C=O) groups is 3. The summed E-state index contributed by atoms with van der Waals surface area (Å²) in [6.07, 6.45) is -0.763. The number of imide groups is 1. The molecular formula is C36H55N2O9PS. The van der Waals surface area contributed by atoms with E-state index in [1.165, 1.54) is 0 Å². The van der Waals surface area contributed by atoms with Gasteiger partial charge in [-0.25, -0.2) is 14.5 Å². The van der Waals surface area contributed by atoms with Crippen LogP contribution in [0, 0.1) is 0 Å². The lowest BCUT2D eigenvalue weighted by atomic mass is 9.97. The first-order chi connectivity index (χ1) is 22.6. The molecule has 0 spiro atoms. The average Bonchev–Trinajstić information content (AvgIpc) is 3.48. The van der Waals surface area contributed by atoms with Gasteiger partial charge in [-0.1, -0.05) is 12.1 Å². The van der Waals surface area contributed by atoms with Crippen LogP contribution in [0.15, 0.2) is 35.7 Å². The van der Waals surface area contributed by atoms with Crippen LogP contribution >= 0.6 is 18.7 Å². The molecule has 2 atom stereocenters. The van der Waals surface area contributed by atoms with Gasteiger partial charge in [0.2, 0.25) is 7.37 Å². The second-order valence-electron chi connectivity index (χ2n) is 15.4. The number of phenols is 1. The van der Waals surface area contributed by atoms with E-state index in [-0.39, 0.29) is 44.4 Å². The lowest BCUT2D eigenvalue weighted by molar-refractivity contribution is -0.160. The van der Waals surface area contributed by atoms with Crippen molar-refractivity contribution in [1.82, 2.24) is 9.80 Å². The van der Waals surface area contributed by atoms with Gasteiger partial charge in [0.15, 0.2) is 5.16 Å². The summed E-state index contributed by atoms with van der Waals surface area (Å²) in [7, 11) is -3.62. The maximum absolute atomic E-state index is 14.8. The molecule has 2 heterocycles. The van der Waals surface area contributed by atoms with Gasteiger partial charge < -0.3 is 23.8 Å². The highest BCUT2D eigenvalue weighted by Gasteiger charge is 2.59. The van der Waals surface area contributed by atoms with Gasteiger partial charge in [0.05, 0.1) is 6.61 Å². The second kappa shape index (κ2) is 16.0. The Hall–Kier alpha value is -2.92. The van der Waals surface area contributed by atoms with Crippen LogP contribution in [0.2, 0.25) is 0 Å². The van der Waals surface area contributed by atoms with E-state index in [9.17, 15) is 24.1 Å². The van der Waals surface area contributed by atoms with Crippen molar-refractivity contribution in [2.75, 3.05) is 32.4 Å². The molecule has 274 valence electrons. The highest BCUT2D eigenvalue weighted by atomic mass is 32.1. The Morgan fingerprint density at radius 3 is 2.08 bits per heavy atom. The van der Waals surface area contributed by atoms with Crippen LogP contribution in [0.4, 0.5) is 9.59 Å². The zero-order valence-electron chi connectivity index (χ0n) is 30.8. The Balaban J connectivity index is 1.94. The zero-order valence-corrected chi connectivity index (χ0v) is 32.5. The molecule has 1 unspecified atom stereocenters. The molecule has 1 aromatic carbocycles. The molecule has 1 aliphatic heterocycles. The Labute approximate surface area is 295 Å². The van der Waals surface area contributed by atoms with Crippen molar-refractivity contribution >= 4 is 36.9 Å². The Bertz CT molecular complexity index is 1460. The third kappa shape index (κ3) is 11.3. The number of esters is 1. The number of rotatable bonds is 11. The highest BCUT2D eigenvalue weighted by Crippen LogP contribution is 2.64. The van der Waals surface area contributed by atoms with Crippen LogP contribution in [0.25, 0.3) is 10.4 Å². The van der Waals surface area contributed by atoms with Crippen molar-refractivity contribution in [2.24, 2.45) is 0 Å². The molecule has 1 aromatic heterocycles. The molecule has 3 rings (SSSR count). The minimum atomic E-state index is -3.62. The van der Waals surface area contributed by atoms with E-state index in [4.69, 9.17) is 18.7 Å². The van der Waals surface area contributed by atoms with Gasteiger partial charge in [0.25, 0.3) is 0 Å². The van der Waals surface area contributed by atoms with Crippen molar-refractivity contribution in [3.05, 3.63) is 41.3 Å². The van der Waals surface area contributed by atoms with Crippen LogP contribution in [0.1, 0.15) is 94.1 Å². The summed E-state index contributed by atoms with van der Waals surface area (Å²) in [4.78, 5) is 44.5. The fraction of sp³-hybridized carbons (Fsp3) is 0.639. The van der Waals surface area contributed by atoms with Gasteiger partial charge in [-0.05, 0) is 123 Å².